The zero-order valence-corrected chi connectivity index (χ0v) is 14.8. The van der Waals surface area contributed by atoms with Gasteiger partial charge in [0.1, 0.15) is 5.52 Å². The Labute approximate surface area is 152 Å². The summed E-state index contributed by atoms with van der Waals surface area (Å²) in [6.45, 7) is 0.609. The van der Waals surface area contributed by atoms with Crippen LogP contribution in [0.3, 0.4) is 0 Å². The Balaban J connectivity index is 1.50. The van der Waals surface area contributed by atoms with Crippen LogP contribution in [0.15, 0.2) is 43.0 Å². The van der Waals surface area contributed by atoms with Gasteiger partial charge in [0, 0.05) is 18.4 Å². The first-order valence-electron chi connectivity index (χ1n) is 9.31. The van der Waals surface area contributed by atoms with Crippen LogP contribution in [0.2, 0.25) is 0 Å². The lowest BCUT2D eigenvalue weighted by Crippen LogP contribution is -2.34. The molecule has 0 radical (unpaired) electrons. The third-order valence-corrected chi connectivity index (χ3v) is 4.97. The SMILES string of the molecule is O=C(NC1CCCCCC1)c1cnc2c(c1)ncn2Cc1ccccn1. The van der Waals surface area contributed by atoms with E-state index in [0.29, 0.717) is 12.1 Å². The lowest BCUT2D eigenvalue weighted by atomic mass is 10.1. The van der Waals surface area contributed by atoms with Crippen molar-refractivity contribution in [1.82, 2.24) is 24.8 Å². The van der Waals surface area contributed by atoms with Crippen LogP contribution in [-0.2, 0) is 6.54 Å². The van der Waals surface area contributed by atoms with Crippen LogP contribution in [0.5, 0.6) is 0 Å². The van der Waals surface area contributed by atoms with Gasteiger partial charge in [-0.25, -0.2) is 9.97 Å². The number of pyridine rings is 2. The number of rotatable bonds is 4. The highest BCUT2D eigenvalue weighted by molar-refractivity contribution is 5.96. The predicted molar refractivity (Wildman–Crippen MR) is 99.8 cm³/mol. The van der Waals surface area contributed by atoms with Crippen LogP contribution in [-0.4, -0.2) is 31.5 Å². The summed E-state index contributed by atoms with van der Waals surface area (Å²) in [5, 5.41) is 3.16. The third-order valence-electron chi connectivity index (χ3n) is 4.97. The van der Waals surface area contributed by atoms with Crippen molar-refractivity contribution >= 4 is 17.1 Å². The molecule has 3 aromatic heterocycles. The van der Waals surface area contributed by atoms with Gasteiger partial charge in [-0.2, -0.15) is 0 Å². The summed E-state index contributed by atoms with van der Waals surface area (Å²) in [5.41, 5.74) is 3.02. The quantitative estimate of drug-likeness (QED) is 0.733. The van der Waals surface area contributed by atoms with E-state index >= 15 is 0 Å². The largest absolute Gasteiger partial charge is 0.349 e. The van der Waals surface area contributed by atoms with E-state index in [1.165, 1.54) is 25.7 Å². The number of imidazole rings is 1. The summed E-state index contributed by atoms with van der Waals surface area (Å²) in [7, 11) is 0. The van der Waals surface area contributed by atoms with Gasteiger partial charge >= 0.3 is 0 Å². The van der Waals surface area contributed by atoms with E-state index in [-0.39, 0.29) is 11.9 Å². The molecule has 6 nitrogen and oxygen atoms in total. The van der Waals surface area contributed by atoms with Crippen LogP contribution in [0.4, 0.5) is 0 Å². The van der Waals surface area contributed by atoms with Gasteiger partial charge in [0.15, 0.2) is 5.65 Å². The first-order valence-corrected chi connectivity index (χ1v) is 9.31. The van der Waals surface area contributed by atoms with E-state index in [9.17, 15) is 4.79 Å². The Morgan fingerprint density at radius 3 is 2.73 bits per heavy atom. The second-order valence-corrected chi connectivity index (χ2v) is 6.92. The van der Waals surface area contributed by atoms with E-state index in [1.807, 2.05) is 28.8 Å². The highest BCUT2D eigenvalue weighted by Crippen LogP contribution is 2.18. The molecule has 6 heteroatoms. The maximum absolute atomic E-state index is 12.6. The molecule has 26 heavy (non-hydrogen) atoms. The van der Waals surface area contributed by atoms with Crippen LogP contribution in [0.25, 0.3) is 11.2 Å². The van der Waals surface area contributed by atoms with E-state index < -0.39 is 0 Å². The molecule has 0 bridgehead atoms. The number of amides is 1. The molecular formula is C20H23N5O. The van der Waals surface area contributed by atoms with Crippen molar-refractivity contribution in [2.75, 3.05) is 0 Å². The van der Waals surface area contributed by atoms with Gasteiger partial charge in [-0.1, -0.05) is 31.7 Å². The summed E-state index contributed by atoms with van der Waals surface area (Å²) in [6.07, 6.45) is 12.2. The van der Waals surface area contributed by atoms with E-state index in [2.05, 4.69) is 20.3 Å². The van der Waals surface area contributed by atoms with E-state index in [4.69, 9.17) is 0 Å². The number of fused-ring (bicyclic) bond motifs is 1. The molecule has 0 unspecified atom stereocenters. The molecule has 4 rings (SSSR count). The molecule has 0 saturated heterocycles. The summed E-state index contributed by atoms with van der Waals surface area (Å²) in [4.78, 5) is 25.8. The van der Waals surface area contributed by atoms with Crippen molar-refractivity contribution < 1.29 is 4.79 Å². The normalized spacial score (nSPS) is 15.7. The van der Waals surface area contributed by atoms with Gasteiger partial charge in [-0.05, 0) is 31.0 Å². The highest BCUT2D eigenvalue weighted by atomic mass is 16.1. The van der Waals surface area contributed by atoms with Crippen molar-refractivity contribution in [3.8, 4) is 0 Å². The van der Waals surface area contributed by atoms with E-state index in [0.717, 1.165) is 29.7 Å². The first-order chi connectivity index (χ1) is 12.8. The molecule has 0 aromatic carbocycles. The lowest BCUT2D eigenvalue weighted by Gasteiger charge is -2.16. The van der Waals surface area contributed by atoms with Crippen molar-refractivity contribution in [3.63, 3.8) is 0 Å². The zero-order valence-electron chi connectivity index (χ0n) is 14.8. The molecule has 1 aliphatic carbocycles. The number of hydrogen-bond acceptors (Lipinski definition) is 4. The fraction of sp³-hybridized carbons (Fsp3) is 0.400. The minimum atomic E-state index is -0.0504. The molecule has 1 fully saturated rings. The van der Waals surface area contributed by atoms with Crippen molar-refractivity contribution in [2.24, 2.45) is 0 Å². The monoisotopic (exact) mass is 349 g/mol. The smallest absolute Gasteiger partial charge is 0.253 e. The number of carbonyl (C=O) groups is 1. The molecule has 3 aromatic rings. The molecule has 0 spiro atoms. The standard InChI is InChI=1S/C20H23N5O/c26-20(24-16-7-3-1-2-4-8-16)15-11-18-19(22-12-15)25(14-23-18)13-17-9-5-6-10-21-17/h5-6,9-12,14,16H,1-4,7-8,13H2,(H,24,26). The Morgan fingerprint density at radius 2 is 1.96 bits per heavy atom. The maximum Gasteiger partial charge on any atom is 0.253 e. The highest BCUT2D eigenvalue weighted by Gasteiger charge is 2.17. The molecule has 1 saturated carbocycles. The average Bonchev–Trinajstić information content (AvgIpc) is 2.88. The zero-order chi connectivity index (χ0) is 17.8. The number of aromatic nitrogens is 4. The number of nitrogens with zero attached hydrogens (tertiary/aromatic N) is 4. The lowest BCUT2D eigenvalue weighted by molar-refractivity contribution is 0.0933. The maximum atomic E-state index is 12.6. The summed E-state index contributed by atoms with van der Waals surface area (Å²) in [5.74, 6) is -0.0504. The number of hydrogen-bond donors (Lipinski definition) is 1. The van der Waals surface area contributed by atoms with Crippen molar-refractivity contribution in [3.05, 3.63) is 54.2 Å². The Bertz CT molecular complexity index is 882. The van der Waals surface area contributed by atoms with Gasteiger partial charge < -0.3 is 9.88 Å². The van der Waals surface area contributed by atoms with Crippen LogP contribution >= 0.6 is 0 Å². The van der Waals surface area contributed by atoms with Gasteiger partial charge in [0.2, 0.25) is 0 Å². The minimum absolute atomic E-state index is 0.0504. The summed E-state index contributed by atoms with van der Waals surface area (Å²) >= 11 is 0. The van der Waals surface area contributed by atoms with Crippen LogP contribution < -0.4 is 5.32 Å². The molecule has 0 atom stereocenters. The van der Waals surface area contributed by atoms with Crippen molar-refractivity contribution in [2.45, 2.75) is 51.1 Å². The number of carbonyl (C=O) groups excluding carboxylic acids is 1. The minimum Gasteiger partial charge on any atom is -0.349 e. The summed E-state index contributed by atoms with van der Waals surface area (Å²) in [6, 6.07) is 7.93. The predicted octanol–water partition coefficient (Wildman–Crippen LogP) is 3.33. The Hall–Kier alpha value is -2.76. The molecule has 1 aliphatic rings. The average molecular weight is 349 g/mol. The fourth-order valence-corrected chi connectivity index (χ4v) is 3.55. The second kappa shape index (κ2) is 7.64. The topological polar surface area (TPSA) is 72.7 Å². The third kappa shape index (κ3) is 3.74. The van der Waals surface area contributed by atoms with Crippen LogP contribution in [0.1, 0.15) is 54.6 Å². The molecular weight excluding hydrogens is 326 g/mol. The van der Waals surface area contributed by atoms with Crippen LogP contribution in [0, 0.1) is 0 Å². The van der Waals surface area contributed by atoms with Gasteiger partial charge in [0.05, 0.1) is 24.1 Å². The molecule has 3 heterocycles. The summed E-state index contributed by atoms with van der Waals surface area (Å²) < 4.78 is 1.95. The Morgan fingerprint density at radius 1 is 1.12 bits per heavy atom. The van der Waals surface area contributed by atoms with E-state index in [1.54, 1.807) is 18.7 Å². The number of nitrogens with one attached hydrogen (secondary N) is 1. The fourth-order valence-electron chi connectivity index (χ4n) is 3.55. The van der Waals surface area contributed by atoms with Gasteiger partial charge in [0.25, 0.3) is 5.91 Å². The second-order valence-electron chi connectivity index (χ2n) is 6.92. The van der Waals surface area contributed by atoms with Crippen molar-refractivity contribution in [1.29, 1.82) is 0 Å². The van der Waals surface area contributed by atoms with Gasteiger partial charge in [-0.15, -0.1) is 0 Å². The molecule has 1 N–H and O–H groups in total. The molecule has 1 amide bonds. The Kier molecular flexibility index (Phi) is 4.91. The molecule has 134 valence electrons. The first kappa shape index (κ1) is 16.7. The molecule has 0 aliphatic heterocycles. The van der Waals surface area contributed by atoms with Gasteiger partial charge in [-0.3, -0.25) is 9.78 Å².